The van der Waals surface area contributed by atoms with E-state index in [2.05, 4.69) is 5.32 Å². The van der Waals surface area contributed by atoms with Gasteiger partial charge in [-0.3, -0.25) is 19.7 Å². The van der Waals surface area contributed by atoms with Crippen LogP contribution in [0.25, 0.3) is 0 Å². The maximum atomic E-state index is 12.7. The van der Waals surface area contributed by atoms with Gasteiger partial charge in [-0.2, -0.15) is 11.8 Å². The van der Waals surface area contributed by atoms with Crippen LogP contribution in [0.1, 0.15) is 18.9 Å². The second kappa shape index (κ2) is 8.99. The number of rotatable bonds is 7. The third kappa shape index (κ3) is 5.18. The molecule has 1 aromatic carbocycles. The normalized spacial score (nSPS) is 21.7. The van der Waals surface area contributed by atoms with Crippen LogP contribution in [-0.4, -0.2) is 59.6 Å². The first-order valence-electron chi connectivity index (χ1n) is 8.13. The molecule has 24 heavy (non-hydrogen) atoms. The Bertz CT molecular complexity index is 591. The van der Waals surface area contributed by atoms with Gasteiger partial charge in [0.2, 0.25) is 5.91 Å². The zero-order chi connectivity index (χ0) is 17.5. The summed E-state index contributed by atoms with van der Waals surface area (Å²) in [5.41, 5.74) is 1.05. The topological polar surface area (TPSA) is 66.5 Å². The molecule has 0 saturated carbocycles. The van der Waals surface area contributed by atoms with Gasteiger partial charge in [-0.25, -0.2) is 0 Å². The summed E-state index contributed by atoms with van der Waals surface area (Å²) in [4.78, 5) is 37.6. The summed E-state index contributed by atoms with van der Waals surface area (Å²) >= 11 is 1.52. The lowest BCUT2D eigenvalue weighted by atomic mass is 10.0. The third-order valence-corrected chi connectivity index (χ3v) is 5.27. The van der Waals surface area contributed by atoms with Crippen LogP contribution < -0.4 is 5.32 Å². The molecule has 1 aliphatic rings. The fraction of sp³-hybridized carbons (Fsp3) is 0.500. The second-order valence-corrected chi connectivity index (χ2v) is 7.20. The number of carbonyl (C=O) groups excluding carboxylic acids is 3. The molecule has 0 aliphatic carbocycles. The van der Waals surface area contributed by atoms with Gasteiger partial charge in [0.1, 0.15) is 5.78 Å². The number of hydrogen-bond donors (Lipinski definition) is 1. The first kappa shape index (κ1) is 18.7. The number of ketones is 2. The summed E-state index contributed by atoms with van der Waals surface area (Å²) in [6, 6.07) is 8.96. The molecule has 0 aromatic heterocycles. The zero-order valence-corrected chi connectivity index (χ0v) is 15.0. The molecule has 1 N–H and O–H groups in total. The van der Waals surface area contributed by atoms with Crippen molar-refractivity contribution in [3.8, 4) is 0 Å². The maximum Gasteiger partial charge on any atom is 0.240 e. The van der Waals surface area contributed by atoms with Crippen LogP contribution >= 0.6 is 11.8 Å². The Morgan fingerprint density at radius 2 is 2.00 bits per heavy atom. The van der Waals surface area contributed by atoms with Gasteiger partial charge in [0, 0.05) is 7.05 Å². The lowest BCUT2D eigenvalue weighted by Crippen LogP contribution is -2.46. The summed E-state index contributed by atoms with van der Waals surface area (Å²) in [5, 5.41) is 3.08. The first-order valence-corrected chi connectivity index (χ1v) is 9.28. The van der Waals surface area contributed by atoms with Gasteiger partial charge in [-0.05, 0) is 31.1 Å². The van der Waals surface area contributed by atoms with Gasteiger partial charge < -0.3 is 4.90 Å². The molecule has 2 atom stereocenters. The number of likely N-dealkylation sites (N-methyl/N-ethyl adjacent to an activating group) is 1. The molecule has 6 heteroatoms. The van der Waals surface area contributed by atoms with Crippen LogP contribution in [0, 0.1) is 0 Å². The molecule has 2 unspecified atom stereocenters. The average Bonchev–Trinajstić information content (AvgIpc) is 2.66. The summed E-state index contributed by atoms with van der Waals surface area (Å²) < 4.78 is 0. The van der Waals surface area contributed by atoms with Crippen LogP contribution in [0.4, 0.5) is 0 Å². The van der Waals surface area contributed by atoms with Crippen molar-refractivity contribution in [3.63, 3.8) is 0 Å². The Kier molecular flexibility index (Phi) is 6.99. The van der Waals surface area contributed by atoms with E-state index in [9.17, 15) is 14.4 Å². The van der Waals surface area contributed by atoms with Gasteiger partial charge >= 0.3 is 0 Å². The highest BCUT2D eigenvalue weighted by Gasteiger charge is 2.34. The molecule has 2 rings (SSSR count). The van der Waals surface area contributed by atoms with Crippen molar-refractivity contribution in [2.45, 2.75) is 31.8 Å². The number of thioether (sulfide) groups is 1. The number of carbonyl (C=O) groups is 3. The number of Topliss-reactive ketones (excluding diaryl/α,β-unsaturated/α-hetero) is 2. The summed E-state index contributed by atoms with van der Waals surface area (Å²) in [6.45, 7) is 1.76. The molecule has 0 spiro atoms. The van der Waals surface area contributed by atoms with Crippen LogP contribution in [0.15, 0.2) is 30.3 Å². The van der Waals surface area contributed by atoms with Crippen molar-refractivity contribution in [2.75, 3.05) is 25.1 Å². The van der Waals surface area contributed by atoms with E-state index in [0.29, 0.717) is 24.3 Å². The minimum atomic E-state index is -0.428. The number of nitrogens with zero attached hydrogens (tertiary/aromatic N) is 1. The van der Waals surface area contributed by atoms with Crippen LogP contribution in [0.2, 0.25) is 0 Å². The fourth-order valence-electron chi connectivity index (χ4n) is 2.78. The van der Waals surface area contributed by atoms with E-state index in [4.69, 9.17) is 0 Å². The van der Waals surface area contributed by atoms with Gasteiger partial charge in [0.05, 0.1) is 24.4 Å². The van der Waals surface area contributed by atoms with Gasteiger partial charge in [0.15, 0.2) is 5.78 Å². The quantitative estimate of drug-likeness (QED) is 0.753. The Hall–Kier alpha value is -1.66. The number of benzene rings is 1. The summed E-state index contributed by atoms with van der Waals surface area (Å²) in [7, 11) is 1.70. The Balaban J connectivity index is 1.97. The van der Waals surface area contributed by atoms with Crippen LogP contribution in [0.5, 0.6) is 0 Å². The van der Waals surface area contributed by atoms with Gasteiger partial charge in [0.25, 0.3) is 0 Å². The van der Waals surface area contributed by atoms with E-state index in [1.807, 2.05) is 30.3 Å². The molecule has 1 amide bonds. The fourth-order valence-corrected chi connectivity index (χ4v) is 3.61. The molecule has 1 fully saturated rings. The van der Waals surface area contributed by atoms with Crippen molar-refractivity contribution < 1.29 is 14.4 Å². The smallest absolute Gasteiger partial charge is 0.240 e. The van der Waals surface area contributed by atoms with Crippen LogP contribution in [-0.2, 0) is 20.8 Å². The van der Waals surface area contributed by atoms with Crippen molar-refractivity contribution in [3.05, 3.63) is 35.9 Å². The molecule has 5 nitrogen and oxygen atoms in total. The van der Waals surface area contributed by atoms with Crippen molar-refractivity contribution in [1.29, 1.82) is 0 Å². The van der Waals surface area contributed by atoms with E-state index < -0.39 is 6.04 Å². The maximum absolute atomic E-state index is 12.7. The average molecular weight is 348 g/mol. The highest BCUT2D eigenvalue weighted by Crippen LogP contribution is 2.15. The molecular formula is C18H24N2O3S. The Labute approximate surface area is 147 Å². The highest BCUT2D eigenvalue weighted by atomic mass is 32.2. The van der Waals surface area contributed by atoms with Gasteiger partial charge in [-0.15, -0.1) is 0 Å². The van der Waals surface area contributed by atoms with Crippen LogP contribution in [0.3, 0.4) is 0 Å². The van der Waals surface area contributed by atoms with Crippen molar-refractivity contribution in [2.24, 2.45) is 0 Å². The summed E-state index contributed by atoms with van der Waals surface area (Å²) in [6.07, 6.45) is 1.15. The standard InChI is InChI=1S/C18H24N2O3S/c1-13(21)12-24-9-8-15-18(23)20(2)16(17(22)11-19-15)10-14-6-4-3-5-7-14/h3-7,15-16,19H,8-12H2,1-2H3. The SMILES string of the molecule is CC(=O)CSCCC1NCC(=O)C(Cc2ccccc2)N(C)C1=O. The predicted molar refractivity (Wildman–Crippen MR) is 96.1 cm³/mol. The highest BCUT2D eigenvalue weighted by molar-refractivity contribution is 7.99. The monoisotopic (exact) mass is 348 g/mol. The van der Waals surface area contributed by atoms with E-state index >= 15 is 0 Å². The lowest BCUT2D eigenvalue weighted by molar-refractivity contribution is -0.136. The minimum absolute atomic E-state index is 0.0357. The number of amides is 1. The minimum Gasteiger partial charge on any atom is -0.334 e. The van der Waals surface area contributed by atoms with E-state index in [-0.39, 0.29) is 30.1 Å². The van der Waals surface area contributed by atoms with Crippen molar-refractivity contribution >= 4 is 29.2 Å². The molecule has 1 aromatic rings. The van der Waals surface area contributed by atoms with E-state index in [1.165, 1.54) is 11.8 Å². The van der Waals surface area contributed by atoms with E-state index in [0.717, 1.165) is 5.56 Å². The molecule has 1 saturated heterocycles. The summed E-state index contributed by atoms with van der Waals surface area (Å²) in [5.74, 6) is 1.30. The number of hydrogen-bond acceptors (Lipinski definition) is 5. The molecular weight excluding hydrogens is 324 g/mol. The largest absolute Gasteiger partial charge is 0.334 e. The lowest BCUT2D eigenvalue weighted by Gasteiger charge is -2.26. The van der Waals surface area contributed by atoms with E-state index in [1.54, 1.807) is 18.9 Å². The third-order valence-electron chi connectivity index (χ3n) is 4.14. The second-order valence-electron chi connectivity index (χ2n) is 6.10. The Morgan fingerprint density at radius 1 is 1.29 bits per heavy atom. The Morgan fingerprint density at radius 3 is 2.67 bits per heavy atom. The van der Waals surface area contributed by atoms with Gasteiger partial charge in [-0.1, -0.05) is 30.3 Å². The molecule has 1 heterocycles. The molecule has 0 bridgehead atoms. The van der Waals surface area contributed by atoms with Crippen molar-refractivity contribution in [1.82, 2.24) is 10.2 Å². The zero-order valence-electron chi connectivity index (χ0n) is 14.2. The first-order chi connectivity index (χ1) is 11.5. The molecule has 0 radical (unpaired) electrons. The predicted octanol–water partition coefficient (Wildman–Crippen LogP) is 1.31. The molecule has 130 valence electrons. The number of nitrogens with one attached hydrogen (secondary N) is 1. The molecule has 1 aliphatic heterocycles.